The summed E-state index contributed by atoms with van der Waals surface area (Å²) in [5.74, 6) is 0.942. The SMILES string of the molecule is Cc1ccccc1-c1noc(CN2CCC(C(=O)N3CC(=O)Nc4ccccc43)CC2)n1. The average molecular weight is 431 g/mol. The monoisotopic (exact) mass is 431 g/mol. The Hall–Kier alpha value is -3.52. The van der Waals surface area contributed by atoms with Gasteiger partial charge in [0.25, 0.3) is 0 Å². The van der Waals surface area contributed by atoms with E-state index < -0.39 is 0 Å². The molecule has 0 saturated carbocycles. The summed E-state index contributed by atoms with van der Waals surface area (Å²) in [6.45, 7) is 4.19. The van der Waals surface area contributed by atoms with Crippen molar-refractivity contribution in [3.8, 4) is 11.4 Å². The van der Waals surface area contributed by atoms with Gasteiger partial charge in [-0.15, -0.1) is 0 Å². The molecule has 2 aliphatic rings. The van der Waals surface area contributed by atoms with Crippen LogP contribution >= 0.6 is 0 Å². The van der Waals surface area contributed by atoms with Crippen molar-refractivity contribution in [2.24, 2.45) is 5.92 Å². The molecule has 2 amide bonds. The fourth-order valence-corrected chi connectivity index (χ4v) is 4.43. The Balaban J connectivity index is 1.21. The van der Waals surface area contributed by atoms with Crippen LogP contribution in [-0.4, -0.2) is 46.5 Å². The van der Waals surface area contributed by atoms with E-state index in [2.05, 4.69) is 20.4 Å². The zero-order valence-corrected chi connectivity index (χ0v) is 18.0. The van der Waals surface area contributed by atoms with Crippen LogP contribution in [0.5, 0.6) is 0 Å². The molecule has 1 fully saturated rings. The van der Waals surface area contributed by atoms with E-state index in [-0.39, 0.29) is 24.3 Å². The molecule has 8 nitrogen and oxygen atoms in total. The maximum Gasteiger partial charge on any atom is 0.244 e. The molecule has 32 heavy (non-hydrogen) atoms. The maximum absolute atomic E-state index is 13.2. The number of benzene rings is 2. The van der Waals surface area contributed by atoms with Crippen LogP contribution in [0.1, 0.15) is 24.3 Å². The normalized spacial score (nSPS) is 17.2. The second-order valence-corrected chi connectivity index (χ2v) is 8.37. The Kier molecular flexibility index (Phi) is 5.45. The van der Waals surface area contributed by atoms with E-state index >= 15 is 0 Å². The number of hydrogen-bond acceptors (Lipinski definition) is 6. The number of amides is 2. The van der Waals surface area contributed by atoms with Crippen LogP contribution in [0.15, 0.2) is 53.1 Å². The summed E-state index contributed by atoms with van der Waals surface area (Å²) in [7, 11) is 0. The molecule has 1 aromatic heterocycles. The number of nitrogens with zero attached hydrogens (tertiary/aromatic N) is 4. The van der Waals surface area contributed by atoms with Crippen molar-refractivity contribution in [3.05, 3.63) is 60.0 Å². The van der Waals surface area contributed by atoms with Gasteiger partial charge in [0.15, 0.2) is 0 Å². The van der Waals surface area contributed by atoms with E-state index in [0.717, 1.165) is 42.7 Å². The van der Waals surface area contributed by atoms with Gasteiger partial charge in [-0.2, -0.15) is 4.98 Å². The van der Waals surface area contributed by atoms with Gasteiger partial charge in [-0.05, 0) is 50.6 Å². The molecule has 1 N–H and O–H groups in total. The molecule has 2 aromatic carbocycles. The highest BCUT2D eigenvalue weighted by molar-refractivity contribution is 6.10. The largest absolute Gasteiger partial charge is 0.338 e. The van der Waals surface area contributed by atoms with E-state index in [0.29, 0.717) is 23.9 Å². The van der Waals surface area contributed by atoms with Gasteiger partial charge in [-0.1, -0.05) is 41.6 Å². The van der Waals surface area contributed by atoms with Crippen LogP contribution in [0, 0.1) is 12.8 Å². The molecule has 0 atom stereocenters. The fourth-order valence-electron chi connectivity index (χ4n) is 4.43. The topological polar surface area (TPSA) is 91.6 Å². The van der Waals surface area contributed by atoms with Crippen molar-refractivity contribution in [3.63, 3.8) is 0 Å². The summed E-state index contributed by atoms with van der Waals surface area (Å²) in [6, 6.07) is 15.4. The molecule has 8 heteroatoms. The first-order chi connectivity index (χ1) is 15.6. The van der Waals surface area contributed by atoms with Gasteiger partial charge in [0.2, 0.25) is 23.5 Å². The third-order valence-corrected chi connectivity index (χ3v) is 6.19. The Morgan fingerprint density at radius 1 is 1.12 bits per heavy atom. The number of piperidine rings is 1. The number of rotatable bonds is 4. The maximum atomic E-state index is 13.2. The van der Waals surface area contributed by atoms with Crippen molar-refractivity contribution in [2.45, 2.75) is 26.3 Å². The molecular weight excluding hydrogens is 406 g/mol. The molecule has 3 aromatic rings. The van der Waals surface area contributed by atoms with Gasteiger partial charge >= 0.3 is 0 Å². The molecule has 164 valence electrons. The molecule has 0 unspecified atom stereocenters. The van der Waals surface area contributed by atoms with Gasteiger partial charge in [-0.25, -0.2) is 0 Å². The van der Waals surface area contributed by atoms with E-state index in [1.54, 1.807) is 4.90 Å². The van der Waals surface area contributed by atoms with Crippen molar-refractivity contribution in [1.29, 1.82) is 0 Å². The van der Waals surface area contributed by atoms with Crippen LogP contribution in [0.4, 0.5) is 11.4 Å². The quantitative estimate of drug-likeness (QED) is 0.682. The van der Waals surface area contributed by atoms with Crippen molar-refractivity contribution in [2.75, 3.05) is 29.9 Å². The number of anilines is 2. The van der Waals surface area contributed by atoms with Crippen molar-refractivity contribution in [1.82, 2.24) is 15.0 Å². The molecule has 2 aliphatic heterocycles. The Bertz CT molecular complexity index is 1150. The standard InChI is InChI=1S/C24H25N5O3/c1-16-6-2-3-7-18(16)23-26-22(32-27-23)15-28-12-10-17(11-13-28)24(31)29-14-21(30)25-19-8-4-5-9-20(19)29/h2-9,17H,10-15H2,1H3,(H,25,30). The lowest BCUT2D eigenvalue weighted by Gasteiger charge is -2.35. The zero-order chi connectivity index (χ0) is 22.1. The molecule has 5 rings (SSSR count). The number of hydrogen-bond donors (Lipinski definition) is 1. The Labute approximate surface area is 186 Å². The summed E-state index contributed by atoms with van der Waals surface area (Å²) in [5, 5.41) is 6.97. The lowest BCUT2D eigenvalue weighted by Crippen LogP contribution is -2.47. The van der Waals surface area contributed by atoms with E-state index in [9.17, 15) is 9.59 Å². The molecule has 0 aliphatic carbocycles. The van der Waals surface area contributed by atoms with Crippen molar-refractivity contribution < 1.29 is 14.1 Å². The second kappa shape index (κ2) is 8.55. The summed E-state index contributed by atoms with van der Waals surface area (Å²) in [6.07, 6.45) is 1.47. The third kappa shape index (κ3) is 4.01. The lowest BCUT2D eigenvalue weighted by molar-refractivity contribution is -0.126. The third-order valence-electron chi connectivity index (χ3n) is 6.19. The highest BCUT2D eigenvalue weighted by Crippen LogP contribution is 2.32. The first-order valence-electron chi connectivity index (χ1n) is 10.9. The summed E-state index contributed by atoms with van der Waals surface area (Å²) < 4.78 is 5.47. The number of carbonyl (C=O) groups is 2. The first kappa shape index (κ1) is 20.4. The molecule has 1 saturated heterocycles. The number of carbonyl (C=O) groups excluding carboxylic acids is 2. The minimum atomic E-state index is -0.157. The van der Waals surface area contributed by atoms with Gasteiger partial charge in [0.05, 0.1) is 17.9 Å². The number of fused-ring (bicyclic) bond motifs is 1. The van der Waals surface area contributed by atoms with Gasteiger partial charge in [0.1, 0.15) is 6.54 Å². The minimum Gasteiger partial charge on any atom is -0.338 e. The number of aromatic nitrogens is 2. The van der Waals surface area contributed by atoms with E-state index in [4.69, 9.17) is 4.52 Å². The fraction of sp³-hybridized carbons (Fsp3) is 0.333. The summed E-state index contributed by atoms with van der Waals surface area (Å²) in [5.41, 5.74) is 3.54. The minimum absolute atomic E-state index is 0.0200. The average Bonchev–Trinajstić information content (AvgIpc) is 3.27. The van der Waals surface area contributed by atoms with Crippen molar-refractivity contribution >= 4 is 23.2 Å². The number of aryl methyl sites for hydroxylation is 1. The van der Waals surface area contributed by atoms with Crippen LogP contribution in [0.25, 0.3) is 11.4 Å². The van der Waals surface area contributed by atoms with E-state index in [1.165, 1.54) is 0 Å². The number of para-hydroxylation sites is 2. The van der Waals surface area contributed by atoms with Gasteiger partial charge < -0.3 is 14.7 Å². The summed E-state index contributed by atoms with van der Waals surface area (Å²) in [4.78, 5) is 33.7. The molecule has 0 radical (unpaired) electrons. The van der Waals surface area contributed by atoms with E-state index in [1.807, 2.05) is 55.5 Å². The van der Waals surface area contributed by atoms with Crippen LogP contribution in [0.2, 0.25) is 0 Å². The molecule has 0 bridgehead atoms. The van der Waals surface area contributed by atoms with Crippen LogP contribution in [-0.2, 0) is 16.1 Å². The number of nitrogens with one attached hydrogen (secondary N) is 1. The smallest absolute Gasteiger partial charge is 0.244 e. The van der Waals surface area contributed by atoms with Crippen LogP contribution < -0.4 is 10.2 Å². The molecule has 0 spiro atoms. The highest BCUT2D eigenvalue weighted by atomic mass is 16.5. The predicted octanol–water partition coefficient (Wildman–Crippen LogP) is 3.24. The Morgan fingerprint density at radius 3 is 2.69 bits per heavy atom. The lowest BCUT2D eigenvalue weighted by atomic mass is 9.94. The zero-order valence-electron chi connectivity index (χ0n) is 18.0. The highest BCUT2D eigenvalue weighted by Gasteiger charge is 2.33. The number of likely N-dealkylation sites (tertiary alicyclic amines) is 1. The Morgan fingerprint density at radius 2 is 1.88 bits per heavy atom. The van der Waals surface area contributed by atoms with Gasteiger partial charge in [0, 0.05) is 11.5 Å². The van der Waals surface area contributed by atoms with Gasteiger partial charge in [-0.3, -0.25) is 14.5 Å². The molecular formula is C24H25N5O3. The van der Waals surface area contributed by atoms with Crippen LogP contribution in [0.3, 0.4) is 0 Å². The molecule has 3 heterocycles. The first-order valence-corrected chi connectivity index (χ1v) is 10.9. The predicted molar refractivity (Wildman–Crippen MR) is 120 cm³/mol. The second-order valence-electron chi connectivity index (χ2n) is 8.37. The summed E-state index contributed by atoms with van der Waals surface area (Å²) >= 11 is 0.